The van der Waals surface area contributed by atoms with Crippen molar-refractivity contribution in [1.82, 2.24) is 9.80 Å². The summed E-state index contributed by atoms with van der Waals surface area (Å²) in [6.45, 7) is 17.4. The summed E-state index contributed by atoms with van der Waals surface area (Å²) in [6, 6.07) is 33.9. The van der Waals surface area contributed by atoms with E-state index < -0.39 is 59.5 Å². The zero-order valence-corrected chi connectivity index (χ0v) is 55.5. The van der Waals surface area contributed by atoms with Crippen molar-refractivity contribution in [3.05, 3.63) is 215 Å². The molecule has 504 valence electrons. The molecule has 11 aromatic rings. The maximum atomic E-state index is 16.2. The first-order valence-corrected chi connectivity index (χ1v) is 31.7. The van der Waals surface area contributed by atoms with E-state index >= 15 is 19.2 Å². The van der Waals surface area contributed by atoms with Crippen LogP contribution in [0.25, 0.3) is 43.1 Å². The SMILES string of the molecule is C=C(C)C(=O)Oc1coc(NC(=O)C(CCOC)N2C(=O)c3cc(Oc4cccc(C)c4)c4c5c(Oc6cccc(C)c6)cc6c7c(cc(Oc8cccc(C)c8)c(c8c(Oc9cccc(C)c9)cc(c3c48)C2=O)c75)C(=O)N(C(CCOC)C(=O)Nc2cc(OC(=O)C(=C)C)co2)C6=O)c1. The Hall–Kier alpha value is -12.4. The number of amides is 6. The lowest BCUT2D eigenvalue weighted by atomic mass is 9.80. The van der Waals surface area contributed by atoms with Crippen molar-refractivity contribution in [1.29, 1.82) is 0 Å². The normalized spacial score (nSPS) is 13.2. The van der Waals surface area contributed by atoms with Crippen LogP contribution in [-0.4, -0.2) is 96.7 Å². The lowest BCUT2D eigenvalue weighted by molar-refractivity contribution is -0.131. The van der Waals surface area contributed by atoms with Crippen LogP contribution in [-0.2, 0) is 28.7 Å². The van der Waals surface area contributed by atoms with E-state index in [1.54, 1.807) is 72.8 Å². The van der Waals surface area contributed by atoms with Gasteiger partial charge in [0, 0.05) is 107 Å². The standard InChI is InChI=1S/C78H64N4O18/c1-39(2)77(89)99-49-31-61(93-37-49)79-71(83)55(23-25-91-9)81-73(85)51-33-57(95-45-19-11-15-41(5)27-45)65-67-59(97-47-21-13-17-43(7)29-47)35-53-64-54(76(88)82(75(53)87)56(24-26-92-10)72(84)80-62-32-50(38-94-62)100-78(90)40(3)4)36-60(98-48-22-14-18-44(8)30-48)68(70(64)67)66-58(96-46-20-12-16-42(6)28-46)34-52(74(81)86)63(51)69(65)66/h11-22,27-38,55-56H,1,3,23-26H2,2,4-10H3,(H,79,83)(H,80,84). The number of carbonyl (C=O) groups is 8. The van der Waals surface area contributed by atoms with Gasteiger partial charge in [-0.1, -0.05) is 61.7 Å². The summed E-state index contributed by atoms with van der Waals surface area (Å²) in [6.07, 6.45) is 1.75. The lowest BCUT2D eigenvalue weighted by Gasteiger charge is -2.35. The Morgan fingerprint density at radius 1 is 0.410 bits per heavy atom. The molecular formula is C78H64N4O18. The molecule has 0 spiro atoms. The molecule has 4 heterocycles. The van der Waals surface area contributed by atoms with Crippen LogP contribution in [0.15, 0.2) is 179 Å². The van der Waals surface area contributed by atoms with Crippen LogP contribution < -0.4 is 39.1 Å². The van der Waals surface area contributed by atoms with E-state index in [9.17, 15) is 19.2 Å². The van der Waals surface area contributed by atoms with Gasteiger partial charge in [0.2, 0.25) is 23.6 Å². The van der Waals surface area contributed by atoms with E-state index in [0.29, 0.717) is 23.0 Å². The van der Waals surface area contributed by atoms with E-state index in [2.05, 4.69) is 23.8 Å². The van der Waals surface area contributed by atoms with Crippen LogP contribution in [0.3, 0.4) is 0 Å². The van der Waals surface area contributed by atoms with E-state index in [0.717, 1.165) is 44.6 Å². The van der Waals surface area contributed by atoms with Gasteiger partial charge in [-0.25, -0.2) is 9.59 Å². The second-order valence-electron chi connectivity index (χ2n) is 24.5. The molecule has 2 atom stereocenters. The van der Waals surface area contributed by atoms with Crippen LogP contribution in [0, 0.1) is 27.7 Å². The Bertz CT molecular complexity index is 4740. The molecule has 0 aliphatic carbocycles. The summed E-state index contributed by atoms with van der Waals surface area (Å²) in [5.41, 5.74) is 3.00. The van der Waals surface area contributed by atoms with Gasteiger partial charge >= 0.3 is 11.9 Å². The van der Waals surface area contributed by atoms with Crippen molar-refractivity contribution in [2.45, 2.75) is 66.5 Å². The number of carbonyl (C=O) groups excluding carboxylic acids is 8. The topological polar surface area (TPSA) is 267 Å². The number of imide groups is 2. The predicted molar refractivity (Wildman–Crippen MR) is 370 cm³/mol. The number of nitrogens with zero attached hydrogens (tertiary/aromatic N) is 2. The number of fused-ring (bicyclic) bond motifs is 2. The Labute approximate surface area is 571 Å². The average molecular weight is 1350 g/mol. The molecule has 2 aliphatic rings. The molecule has 22 heteroatoms. The fourth-order valence-electron chi connectivity index (χ4n) is 12.5. The Morgan fingerprint density at radius 3 is 0.960 bits per heavy atom. The maximum Gasteiger partial charge on any atom is 0.338 e. The van der Waals surface area contributed by atoms with Gasteiger partial charge in [0.1, 0.15) is 70.6 Å². The summed E-state index contributed by atoms with van der Waals surface area (Å²) in [7, 11) is 2.81. The third-order valence-corrected chi connectivity index (χ3v) is 17.0. The minimum Gasteiger partial charge on any atom is -0.457 e. The minimum atomic E-state index is -1.60. The van der Waals surface area contributed by atoms with Crippen molar-refractivity contribution < 1.29 is 85.1 Å². The number of ether oxygens (including phenoxy) is 8. The molecule has 0 radical (unpaired) electrons. The number of rotatable bonds is 24. The average Bonchev–Trinajstić information content (AvgIpc) is 0.827. The molecule has 22 nitrogen and oxygen atoms in total. The highest BCUT2D eigenvalue weighted by atomic mass is 16.6. The van der Waals surface area contributed by atoms with Crippen molar-refractivity contribution in [2.75, 3.05) is 38.1 Å². The summed E-state index contributed by atoms with van der Waals surface area (Å²) < 4.78 is 61.4. The third kappa shape index (κ3) is 12.5. The van der Waals surface area contributed by atoms with Crippen LogP contribution in [0.4, 0.5) is 11.8 Å². The fourth-order valence-corrected chi connectivity index (χ4v) is 12.5. The number of benzene rings is 9. The summed E-state index contributed by atoms with van der Waals surface area (Å²) in [5.74, 6) is -6.19. The first-order valence-electron chi connectivity index (χ1n) is 31.7. The smallest absolute Gasteiger partial charge is 0.338 e. The van der Waals surface area contributed by atoms with Gasteiger partial charge in [0.15, 0.2) is 11.5 Å². The molecular weight excluding hydrogens is 1280 g/mol. The summed E-state index contributed by atoms with van der Waals surface area (Å²) in [4.78, 5) is 121. The first-order chi connectivity index (χ1) is 48.1. The Balaban J connectivity index is 1.13. The number of esters is 2. The molecule has 2 aliphatic heterocycles. The first kappa shape index (κ1) is 66.2. The molecule has 100 heavy (non-hydrogen) atoms. The lowest BCUT2D eigenvalue weighted by Crippen LogP contribution is -2.52. The van der Waals surface area contributed by atoms with E-state index in [4.69, 9.17) is 46.7 Å². The zero-order chi connectivity index (χ0) is 70.5. The molecule has 0 bridgehead atoms. The van der Waals surface area contributed by atoms with E-state index in [1.165, 1.54) is 64.5 Å². The van der Waals surface area contributed by atoms with Gasteiger partial charge < -0.3 is 46.7 Å². The third-order valence-electron chi connectivity index (χ3n) is 17.0. The number of furan rings is 2. The van der Waals surface area contributed by atoms with Crippen molar-refractivity contribution in [3.8, 4) is 57.5 Å². The molecule has 2 unspecified atom stereocenters. The number of nitrogens with one attached hydrogen (secondary N) is 2. The quantitative estimate of drug-likeness (QED) is 0.0187. The highest BCUT2D eigenvalue weighted by molar-refractivity contribution is 6.45. The number of anilines is 2. The molecule has 2 aromatic heterocycles. The van der Waals surface area contributed by atoms with Gasteiger partial charge in [0.25, 0.3) is 23.6 Å². The van der Waals surface area contributed by atoms with Crippen LogP contribution in [0.2, 0.25) is 0 Å². The van der Waals surface area contributed by atoms with Gasteiger partial charge in [-0.15, -0.1) is 0 Å². The van der Waals surface area contributed by atoms with E-state index in [1.807, 2.05) is 52.0 Å². The molecule has 0 saturated heterocycles. The zero-order valence-electron chi connectivity index (χ0n) is 55.5. The molecule has 0 fully saturated rings. The number of hydrogen-bond acceptors (Lipinski definition) is 18. The van der Waals surface area contributed by atoms with Crippen molar-refractivity contribution in [2.24, 2.45) is 0 Å². The highest BCUT2D eigenvalue weighted by Crippen LogP contribution is 2.58. The van der Waals surface area contributed by atoms with Crippen molar-refractivity contribution in [3.63, 3.8) is 0 Å². The largest absolute Gasteiger partial charge is 0.457 e. The molecule has 13 rings (SSSR count). The van der Waals surface area contributed by atoms with Crippen molar-refractivity contribution >= 4 is 102 Å². The maximum absolute atomic E-state index is 16.2. The molecule has 2 N–H and O–H groups in total. The molecule has 9 aromatic carbocycles. The van der Waals surface area contributed by atoms with Crippen LogP contribution in [0.1, 0.15) is 90.4 Å². The van der Waals surface area contributed by atoms with Gasteiger partial charge in [-0.05, 0) is 137 Å². The van der Waals surface area contributed by atoms with Gasteiger partial charge in [0.05, 0.1) is 22.3 Å². The second-order valence-corrected chi connectivity index (χ2v) is 24.5. The van der Waals surface area contributed by atoms with Crippen LogP contribution >= 0.6 is 0 Å². The monoisotopic (exact) mass is 1340 g/mol. The Kier molecular flexibility index (Phi) is 17.8. The minimum absolute atomic E-state index is 0.00411. The Morgan fingerprint density at radius 2 is 0.700 bits per heavy atom. The number of hydrogen-bond donors (Lipinski definition) is 2. The van der Waals surface area contributed by atoms with Gasteiger partial charge in [-0.2, -0.15) is 0 Å². The van der Waals surface area contributed by atoms with Gasteiger partial charge in [-0.3, -0.25) is 49.2 Å². The summed E-state index contributed by atoms with van der Waals surface area (Å²) >= 11 is 0. The number of methoxy groups -OCH3 is 2. The fraction of sp³-hybridized carbons (Fsp3) is 0.179. The molecule has 6 amide bonds. The number of aryl methyl sites for hydroxylation is 4. The predicted octanol–water partition coefficient (Wildman–Crippen LogP) is 15.6. The summed E-state index contributed by atoms with van der Waals surface area (Å²) in [5, 5.41) is 6.73. The molecule has 0 saturated carbocycles. The second kappa shape index (κ2) is 26.9. The highest BCUT2D eigenvalue weighted by Gasteiger charge is 2.47. The van der Waals surface area contributed by atoms with Crippen LogP contribution in [0.5, 0.6) is 57.5 Å². The van der Waals surface area contributed by atoms with E-state index in [-0.39, 0.29) is 149 Å².